The minimum Gasteiger partial charge on any atom is -0.393 e. The van der Waals surface area contributed by atoms with E-state index in [0.717, 1.165) is 26.1 Å². The smallest absolute Gasteiger partial charge is 0.224 e. The molecule has 1 amide bonds. The van der Waals surface area contributed by atoms with E-state index in [-0.39, 0.29) is 17.2 Å². The van der Waals surface area contributed by atoms with Crippen molar-refractivity contribution in [2.24, 2.45) is 22.8 Å². The molecule has 0 aliphatic carbocycles. The lowest BCUT2D eigenvalue weighted by Gasteiger charge is -2.23. The molecule has 1 fully saturated rings. The Kier molecular flexibility index (Phi) is 3.67. The average molecular weight is 229 g/mol. The molecular formula is C10H19N3OS. The molecule has 1 aliphatic rings. The van der Waals surface area contributed by atoms with Crippen molar-refractivity contribution in [1.82, 2.24) is 4.90 Å². The third-order valence-electron chi connectivity index (χ3n) is 3.17. The van der Waals surface area contributed by atoms with Crippen molar-refractivity contribution >= 4 is 23.1 Å². The number of nitrogens with zero attached hydrogens (tertiary/aromatic N) is 1. The van der Waals surface area contributed by atoms with Crippen molar-refractivity contribution in [2.45, 2.75) is 20.3 Å². The molecule has 4 nitrogen and oxygen atoms in total. The van der Waals surface area contributed by atoms with Crippen LogP contribution >= 0.6 is 12.2 Å². The molecule has 1 heterocycles. The highest BCUT2D eigenvalue weighted by atomic mass is 32.1. The van der Waals surface area contributed by atoms with Crippen LogP contribution in [0.5, 0.6) is 0 Å². The first kappa shape index (κ1) is 12.4. The zero-order valence-electron chi connectivity index (χ0n) is 9.32. The summed E-state index contributed by atoms with van der Waals surface area (Å²) in [5.74, 6) is -0.0248. The molecule has 0 aromatic rings. The van der Waals surface area contributed by atoms with Gasteiger partial charge < -0.3 is 16.4 Å². The lowest BCUT2D eigenvalue weighted by molar-refractivity contribution is -0.126. The molecule has 0 aromatic heterocycles. The quantitative estimate of drug-likeness (QED) is 0.671. The highest BCUT2D eigenvalue weighted by Crippen LogP contribution is 2.29. The molecule has 0 bridgehead atoms. The lowest BCUT2D eigenvalue weighted by Crippen LogP contribution is -2.39. The van der Waals surface area contributed by atoms with Gasteiger partial charge in [0.2, 0.25) is 5.91 Å². The van der Waals surface area contributed by atoms with Crippen molar-refractivity contribution in [3.63, 3.8) is 0 Å². The van der Waals surface area contributed by atoms with Crippen LogP contribution in [0.15, 0.2) is 0 Å². The Morgan fingerprint density at radius 2 is 2.20 bits per heavy atom. The Labute approximate surface area is 96.0 Å². The van der Waals surface area contributed by atoms with E-state index in [4.69, 9.17) is 23.7 Å². The number of carbonyl (C=O) groups excluding carboxylic acids is 1. The van der Waals surface area contributed by atoms with Gasteiger partial charge in [0.15, 0.2) is 0 Å². The lowest BCUT2D eigenvalue weighted by atomic mass is 9.89. The molecule has 4 N–H and O–H groups in total. The van der Waals surface area contributed by atoms with Gasteiger partial charge in [-0.25, -0.2) is 0 Å². The fourth-order valence-corrected chi connectivity index (χ4v) is 1.97. The number of amides is 1. The fourth-order valence-electron chi connectivity index (χ4n) is 1.89. The maximum absolute atomic E-state index is 11.2. The molecule has 15 heavy (non-hydrogen) atoms. The van der Waals surface area contributed by atoms with Gasteiger partial charge in [-0.2, -0.15) is 0 Å². The van der Waals surface area contributed by atoms with Crippen molar-refractivity contribution in [3.8, 4) is 0 Å². The Morgan fingerprint density at radius 3 is 2.60 bits per heavy atom. The molecule has 2 atom stereocenters. The summed E-state index contributed by atoms with van der Waals surface area (Å²) in [5, 5.41) is 0. The summed E-state index contributed by atoms with van der Waals surface area (Å²) in [7, 11) is 0. The highest BCUT2D eigenvalue weighted by molar-refractivity contribution is 7.80. The summed E-state index contributed by atoms with van der Waals surface area (Å²) in [6.45, 7) is 6.35. The third kappa shape index (κ3) is 2.89. The average Bonchev–Trinajstić information content (AvgIpc) is 2.48. The summed E-state index contributed by atoms with van der Waals surface area (Å²) in [6.07, 6.45) is 0.826. The number of primary amides is 1. The summed E-state index contributed by atoms with van der Waals surface area (Å²) in [5.41, 5.74) is 10.5. The number of likely N-dealkylation sites (tertiary alicyclic amines) is 1. The number of rotatable bonds is 4. The molecule has 1 aliphatic heterocycles. The summed E-state index contributed by atoms with van der Waals surface area (Å²) in [4.78, 5) is 14.0. The predicted octanol–water partition coefficient (Wildman–Crippen LogP) is 0.106. The van der Waals surface area contributed by atoms with Gasteiger partial charge >= 0.3 is 0 Å². The van der Waals surface area contributed by atoms with Crippen LogP contribution in [-0.4, -0.2) is 35.4 Å². The van der Waals surface area contributed by atoms with E-state index in [1.54, 1.807) is 0 Å². The minimum atomic E-state index is -0.379. The number of thiocarbonyl (C=S) groups is 1. The van der Waals surface area contributed by atoms with Crippen LogP contribution in [-0.2, 0) is 4.79 Å². The SMILES string of the molecule is CC(CN1CCC(C)(C(N)=O)C1)C(N)=S. The van der Waals surface area contributed by atoms with Crippen LogP contribution in [0.4, 0.5) is 0 Å². The van der Waals surface area contributed by atoms with Crippen molar-refractivity contribution in [2.75, 3.05) is 19.6 Å². The molecule has 1 saturated heterocycles. The molecule has 1 rings (SSSR count). The highest BCUT2D eigenvalue weighted by Gasteiger charge is 2.38. The third-order valence-corrected chi connectivity index (χ3v) is 3.57. The Bertz CT molecular complexity index is 282. The van der Waals surface area contributed by atoms with Gasteiger partial charge in [-0.1, -0.05) is 19.1 Å². The van der Waals surface area contributed by atoms with Crippen LogP contribution in [0.2, 0.25) is 0 Å². The summed E-state index contributed by atoms with van der Waals surface area (Å²) < 4.78 is 0. The van der Waals surface area contributed by atoms with Crippen LogP contribution in [0.1, 0.15) is 20.3 Å². The van der Waals surface area contributed by atoms with Crippen molar-refractivity contribution in [3.05, 3.63) is 0 Å². The maximum Gasteiger partial charge on any atom is 0.224 e. The topological polar surface area (TPSA) is 72.3 Å². The number of carbonyl (C=O) groups is 1. The Morgan fingerprint density at radius 1 is 1.60 bits per heavy atom. The first-order valence-corrected chi connectivity index (χ1v) is 5.57. The van der Waals surface area contributed by atoms with Gasteiger partial charge in [-0.05, 0) is 19.9 Å². The van der Waals surface area contributed by atoms with E-state index in [2.05, 4.69) is 4.90 Å². The largest absolute Gasteiger partial charge is 0.393 e. The van der Waals surface area contributed by atoms with Gasteiger partial charge in [0.1, 0.15) is 0 Å². The zero-order chi connectivity index (χ0) is 11.6. The molecule has 0 radical (unpaired) electrons. The molecule has 0 saturated carbocycles. The molecular weight excluding hydrogens is 210 g/mol. The van der Waals surface area contributed by atoms with Crippen LogP contribution in [0.3, 0.4) is 0 Å². The van der Waals surface area contributed by atoms with Crippen LogP contribution in [0.25, 0.3) is 0 Å². The molecule has 2 unspecified atom stereocenters. The van der Waals surface area contributed by atoms with E-state index in [9.17, 15) is 4.79 Å². The predicted molar refractivity (Wildman–Crippen MR) is 64.3 cm³/mol. The second-order valence-electron chi connectivity index (χ2n) is 4.71. The fraction of sp³-hybridized carbons (Fsp3) is 0.800. The van der Waals surface area contributed by atoms with Gasteiger partial charge in [-0.15, -0.1) is 0 Å². The van der Waals surface area contributed by atoms with E-state index < -0.39 is 0 Å². The Hall–Kier alpha value is -0.680. The van der Waals surface area contributed by atoms with Gasteiger partial charge in [0, 0.05) is 19.0 Å². The Balaban J connectivity index is 2.50. The normalized spacial score (nSPS) is 28.9. The van der Waals surface area contributed by atoms with Crippen molar-refractivity contribution in [1.29, 1.82) is 0 Å². The zero-order valence-corrected chi connectivity index (χ0v) is 10.1. The van der Waals surface area contributed by atoms with E-state index in [1.165, 1.54) is 0 Å². The standard InChI is InChI=1S/C10H19N3OS/c1-7(8(11)15)5-13-4-3-10(2,6-13)9(12)14/h7H,3-6H2,1-2H3,(H2,11,15)(H2,12,14). The molecule has 86 valence electrons. The van der Waals surface area contributed by atoms with E-state index >= 15 is 0 Å². The molecule has 0 aromatic carbocycles. The van der Waals surface area contributed by atoms with Gasteiger partial charge in [0.25, 0.3) is 0 Å². The van der Waals surface area contributed by atoms with Crippen LogP contribution in [0, 0.1) is 11.3 Å². The first-order valence-electron chi connectivity index (χ1n) is 5.17. The summed E-state index contributed by atoms with van der Waals surface area (Å²) in [6, 6.07) is 0. The van der Waals surface area contributed by atoms with Crippen molar-refractivity contribution < 1.29 is 4.79 Å². The number of nitrogens with two attached hydrogens (primary N) is 2. The monoisotopic (exact) mass is 229 g/mol. The maximum atomic E-state index is 11.2. The second kappa shape index (κ2) is 4.45. The van der Waals surface area contributed by atoms with Crippen LogP contribution < -0.4 is 11.5 Å². The number of hydrogen-bond acceptors (Lipinski definition) is 3. The van der Waals surface area contributed by atoms with Gasteiger partial charge in [0.05, 0.1) is 10.4 Å². The van der Waals surface area contributed by atoms with E-state index in [1.807, 2.05) is 13.8 Å². The first-order chi connectivity index (χ1) is 6.85. The minimum absolute atomic E-state index is 0.190. The molecule has 0 spiro atoms. The van der Waals surface area contributed by atoms with Gasteiger partial charge in [-0.3, -0.25) is 4.79 Å². The number of hydrogen-bond donors (Lipinski definition) is 2. The van der Waals surface area contributed by atoms with E-state index in [0.29, 0.717) is 4.99 Å². The summed E-state index contributed by atoms with van der Waals surface area (Å²) >= 11 is 4.92. The molecule has 5 heteroatoms. The second-order valence-corrected chi connectivity index (χ2v) is 5.18.